The van der Waals surface area contributed by atoms with E-state index in [1.54, 1.807) is 6.20 Å². The van der Waals surface area contributed by atoms with Crippen molar-refractivity contribution < 1.29 is 4.74 Å². The lowest BCUT2D eigenvalue weighted by Crippen LogP contribution is -2.28. The van der Waals surface area contributed by atoms with E-state index >= 15 is 0 Å². The van der Waals surface area contributed by atoms with Crippen molar-refractivity contribution in [1.29, 1.82) is 0 Å². The Balaban J connectivity index is 1.64. The van der Waals surface area contributed by atoms with Crippen LogP contribution in [0.1, 0.15) is 25.1 Å². The number of benzene rings is 1. The maximum Gasteiger partial charge on any atom is 0.239 e. The van der Waals surface area contributed by atoms with Crippen LogP contribution in [-0.4, -0.2) is 40.6 Å². The highest BCUT2D eigenvalue weighted by atomic mass is 16.5. The van der Waals surface area contributed by atoms with Gasteiger partial charge >= 0.3 is 0 Å². The average Bonchev–Trinajstić information content (AvgIpc) is 2.75. The number of fused-ring (bicyclic) bond motifs is 1. The zero-order valence-corrected chi connectivity index (χ0v) is 13.8. The Bertz CT molecular complexity index is 630. The number of nitrogens with one attached hydrogen (secondary N) is 1. The van der Waals surface area contributed by atoms with Crippen LogP contribution < -0.4 is 10.1 Å². The second-order valence-corrected chi connectivity index (χ2v) is 6.17. The molecule has 5 heteroatoms. The molecule has 0 saturated heterocycles. The van der Waals surface area contributed by atoms with Crippen molar-refractivity contribution >= 4 is 5.82 Å². The summed E-state index contributed by atoms with van der Waals surface area (Å²) in [5.41, 5.74) is 2.28. The minimum Gasteiger partial charge on any atom is -0.475 e. The third kappa shape index (κ3) is 4.42. The van der Waals surface area contributed by atoms with Gasteiger partial charge in [0.2, 0.25) is 5.88 Å². The van der Waals surface area contributed by atoms with Crippen LogP contribution in [-0.2, 0) is 13.0 Å². The molecule has 0 spiro atoms. The summed E-state index contributed by atoms with van der Waals surface area (Å²) in [7, 11) is 0. The summed E-state index contributed by atoms with van der Waals surface area (Å²) < 4.78 is 5.80. The summed E-state index contributed by atoms with van der Waals surface area (Å²) in [5, 5.41) is 3.27. The summed E-state index contributed by atoms with van der Waals surface area (Å²) in [6.07, 6.45) is 2.83. The fourth-order valence-corrected chi connectivity index (χ4v) is 2.67. The Morgan fingerprint density at radius 2 is 2.09 bits per heavy atom. The maximum absolute atomic E-state index is 5.80. The van der Waals surface area contributed by atoms with E-state index in [0.29, 0.717) is 18.5 Å². The first kappa shape index (κ1) is 15.7. The first-order valence-corrected chi connectivity index (χ1v) is 8.22. The van der Waals surface area contributed by atoms with Crippen LogP contribution in [0.4, 0.5) is 5.82 Å². The first-order chi connectivity index (χ1) is 11.2. The van der Waals surface area contributed by atoms with Crippen LogP contribution in [0.5, 0.6) is 5.88 Å². The van der Waals surface area contributed by atoms with Crippen LogP contribution in [0.15, 0.2) is 36.5 Å². The van der Waals surface area contributed by atoms with Gasteiger partial charge in [0.05, 0.1) is 6.20 Å². The number of nitrogens with zero attached hydrogens (tertiary/aromatic N) is 3. The van der Waals surface area contributed by atoms with Crippen molar-refractivity contribution in [2.75, 3.05) is 25.0 Å². The lowest BCUT2D eigenvalue weighted by Gasteiger charge is -2.18. The molecule has 2 aromatic rings. The van der Waals surface area contributed by atoms with Crippen LogP contribution >= 0.6 is 0 Å². The molecule has 0 aliphatic carbocycles. The molecule has 122 valence electrons. The molecular weight excluding hydrogens is 288 g/mol. The number of rotatable bonds is 5. The normalized spacial score (nSPS) is 14.9. The van der Waals surface area contributed by atoms with Gasteiger partial charge in [-0.15, -0.1) is 0 Å². The van der Waals surface area contributed by atoms with Gasteiger partial charge in [0.15, 0.2) is 0 Å². The second kappa shape index (κ2) is 7.42. The topological polar surface area (TPSA) is 50.3 Å². The van der Waals surface area contributed by atoms with E-state index in [4.69, 9.17) is 4.74 Å². The van der Waals surface area contributed by atoms with Crippen LogP contribution in [0.3, 0.4) is 0 Å². The molecule has 1 aliphatic heterocycles. The monoisotopic (exact) mass is 312 g/mol. The van der Waals surface area contributed by atoms with E-state index in [0.717, 1.165) is 37.6 Å². The maximum atomic E-state index is 5.80. The van der Waals surface area contributed by atoms with Crippen LogP contribution in [0, 0.1) is 0 Å². The predicted molar refractivity (Wildman–Crippen MR) is 91.7 cm³/mol. The van der Waals surface area contributed by atoms with Gasteiger partial charge in [-0.05, 0) is 25.8 Å². The molecule has 0 unspecified atom stereocenters. The van der Waals surface area contributed by atoms with E-state index in [9.17, 15) is 0 Å². The van der Waals surface area contributed by atoms with E-state index in [-0.39, 0.29) is 0 Å². The van der Waals surface area contributed by atoms with Gasteiger partial charge in [-0.3, -0.25) is 9.88 Å². The Morgan fingerprint density at radius 1 is 1.26 bits per heavy atom. The van der Waals surface area contributed by atoms with E-state index < -0.39 is 0 Å². The molecule has 0 bridgehead atoms. The molecule has 0 amide bonds. The highest BCUT2D eigenvalue weighted by Crippen LogP contribution is 2.21. The SMILES string of the molecule is CC(C)Nc1cnc2c(n1)OCCN(CCc1ccccc1)C2. The number of aromatic nitrogens is 2. The summed E-state index contributed by atoms with van der Waals surface area (Å²) in [6.45, 7) is 7.51. The summed E-state index contributed by atoms with van der Waals surface area (Å²) >= 11 is 0. The third-order valence-corrected chi connectivity index (χ3v) is 3.83. The fourth-order valence-electron chi connectivity index (χ4n) is 2.67. The highest BCUT2D eigenvalue weighted by molar-refractivity contribution is 5.37. The zero-order valence-electron chi connectivity index (χ0n) is 13.8. The zero-order chi connectivity index (χ0) is 16.1. The van der Waals surface area contributed by atoms with Crippen molar-refractivity contribution in [2.45, 2.75) is 32.9 Å². The standard InChI is InChI=1S/C18H24N4O/c1-14(2)20-17-12-19-16-13-22(10-11-23-18(16)21-17)9-8-15-6-4-3-5-7-15/h3-7,12,14H,8-11,13H2,1-2H3,(H,20,21). The average molecular weight is 312 g/mol. The Hall–Kier alpha value is -2.14. The Kier molecular flexibility index (Phi) is 5.08. The molecule has 0 radical (unpaired) electrons. The molecule has 1 N–H and O–H groups in total. The van der Waals surface area contributed by atoms with Gasteiger partial charge < -0.3 is 10.1 Å². The summed E-state index contributed by atoms with van der Waals surface area (Å²) in [6, 6.07) is 10.9. The minimum absolute atomic E-state index is 0.329. The predicted octanol–water partition coefficient (Wildman–Crippen LogP) is 2.73. The lowest BCUT2D eigenvalue weighted by molar-refractivity contribution is 0.225. The van der Waals surface area contributed by atoms with Gasteiger partial charge in [-0.1, -0.05) is 30.3 Å². The van der Waals surface area contributed by atoms with E-state index in [1.165, 1.54) is 5.56 Å². The molecule has 1 aromatic carbocycles. The first-order valence-electron chi connectivity index (χ1n) is 8.22. The summed E-state index contributed by atoms with van der Waals surface area (Å²) in [4.78, 5) is 11.5. The number of anilines is 1. The van der Waals surface area contributed by atoms with Crippen molar-refractivity contribution in [3.8, 4) is 5.88 Å². The largest absolute Gasteiger partial charge is 0.475 e. The number of hydrogen-bond acceptors (Lipinski definition) is 5. The van der Waals surface area contributed by atoms with Crippen LogP contribution in [0.25, 0.3) is 0 Å². The molecule has 1 aromatic heterocycles. The Morgan fingerprint density at radius 3 is 2.87 bits per heavy atom. The molecule has 5 nitrogen and oxygen atoms in total. The molecule has 3 rings (SSSR count). The molecule has 23 heavy (non-hydrogen) atoms. The van der Waals surface area contributed by atoms with Crippen LogP contribution in [0.2, 0.25) is 0 Å². The quantitative estimate of drug-likeness (QED) is 0.920. The van der Waals surface area contributed by atoms with E-state index in [1.807, 2.05) is 0 Å². The van der Waals surface area contributed by atoms with Gasteiger partial charge in [0, 0.05) is 25.7 Å². The van der Waals surface area contributed by atoms with Gasteiger partial charge in [0.1, 0.15) is 18.1 Å². The Labute approximate surface area is 137 Å². The molecule has 1 aliphatic rings. The smallest absolute Gasteiger partial charge is 0.239 e. The second-order valence-electron chi connectivity index (χ2n) is 6.17. The van der Waals surface area contributed by atoms with Crippen molar-refractivity contribution in [1.82, 2.24) is 14.9 Å². The molecular formula is C18H24N4O. The molecule has 2 heterocycles. The fraction of sp³-hybridized carbons (Fsp3) is 0.444. The summed E-state index contributed by atoms with van der Waals surface area (Å²) in [5.74, 6) is 1.44. The number of hydrogen-bond donors (Lipinski definition) is 1. The molecule has 0 saturated carbocycles. The van der Waals surface area contributed by atoms with Gasteiger partial charge in [0.25, 0.3) is 0 Å². The molecule has 0 fully saturated rings. The van der Waals surface area contributed by atoms with Crippen molar-refractivity contribution in [3.05, 3.63) is 47.8 Å². The van der Waals surface area contributed by atoms with Crippen molar-refractivity contribution in [2.24, 2.45) is 0 Å². The number of ether oxygens (including phenoxy) is 1. The van der Waals surface area contributed by atoms with E-state index in [2.05, 4.69) is 64.4 Å². The van der Waals surface area contributed by atoms with Crippen molar-refractivity contribution in [3.63, 3.8) is 0 Å². The minimum atomic E-state index is 0.329. The highest BCUT2D eigenvalue weighted by Gasteiger charge is 2.18. The lowest BCUT2D eigenvalue weighted by atomic mass is 10.1. The third-order valence-electron chi connectivity index (χ3n) is 3.83. The van der Waals surface area contributed by atoms with Gasteiger partial charge in [-0.25, -0.2) is 0 Å². The van der Waals surface area contributed by atoms with Gasteiger partial charge in [-0.2, -0.15) is 4.98 Å². The molecule has 0 atom stereocenters.